The summed E-state index contributed by atoms with van der Waals surface area (Å²) in [5.41, 5.74) is 3.05. The quantitative estimate of drug-likeness (QED) is 0.659. The normalized spacial score (nSPS) is 17.4. The van der Waals surface area contributed by atoms with Crippen LogP contribution in [0.25, 0.3) is 0 Å². The maximum Gasteiger partial charge on any atom is 0.243 e. The van der Waals surface area contributed by atoms with E-state index in [9.17, 15) is 9.59 Å². The molecule has 3 rings (SSSR count). The SMILES string of the molecule is CC[C@@H](C)N(CC(=O)N1CCc2sccc2[C@@H]1c1ccc(C)cc1)C(=O)C(C)(C)C. The van der Waals surface area contributed by atoms with Crippen molar-refractivity contribution in [1.29, 1.82) is 0 Å². The van der Waals surface area contributed by atoms with Crippen LogP contribution in [0.15, 0.2) is 35.7 Å². The third kappa shape index (κ3) is 4.61. The fourth-order valence-electron chi connectivity index (χ4n) is 4.01. The van der Waals surface area contributed by atoms with Crippen LogP contribution in [0.1, 0.15) is 68.6 Å². The molecule has 2 atom stereocenters. The molecule has 0 fully saturated rings. The number of carbonyl (C=O) groups is 2. The lowest BCUT2D eigenvalue weighted by Gasteiger charge is -2.39. The van der Waals surface area contributed by atoms with Crippen LogP contribution in [0.2, 0.25) is 0 Å². The van der Waals surface area contributed by atoms with Gasteiger partial charge in [0.1, 0.15) is 6.54 Å². The molecule has 162 valence electrons. The van der Waals surface area contributed by atoms with Gasteiger partial charge < -0.3 is 9.80 Å². The third-order valence-corrected chi connectivity index (χ3v) is 7.01. The number of nitrogens with zero attached hydrogens (tertiary/aromatic N) is 2. The number of aryl methyl sites for hydroxylation is 1. The monoisotopic (exact) mass is 426 g/mol. The van der Waals surface area contributed by atoms with Crippen molar-refractivity contribution in [3.63, 3.8) is 0 Å². The number of amides is 2. The minimum absolute atomic E-state index is 0.0234. The van der Waals surface area contributed by atoms with Crippen molar-refractivity contribution >= 4 is 23.2 Å². The Hall–Kier alpha value is -2.14. The minimum atomic E-state index is -0.511. The highest BCUT2D eigenvalue weighted by atomic mass is 32.1. The first-order valence-corrected chi connectivity index (χ1v) is 11.7. The van der Waals surface area contributed by atoms with Gasteiger partial charge in [-0.25, -0.2) is 0 Å². The highest BCUT2D eigenvalue weighted by Gasteiger charge is 2.36. The second kappa shape index (κ2) is 8.93. The topological polar surface area (TPSA) is 40.6 Å². The Kier molecular flexibility index (Phi) is 6.71. The minimum Gasteiger partial charge on any atom is -0.330 e. The van der Waals surface area contributed by atoms with Gasteiger partial charge in [-0.2, -0.15) is 0 Å². The maximum absolute atomic E-state index is 13.6. The van der Waals surface area contributed by atoms with Crippen LogP contribution in [0.5, 0.6) is 0 Å². The van der Waals surface area contributed by atoms with Gasteiger partial charge in [-0.1, -0.05) is 57.5 Å². The first kappa shape index (κ1) is 22.5. The molecule has 0 N–H and O–H groups in total. The number of hydrogen-bond donors (Lipinski definition) is 0. The van der Waals surface area contributed by atoms with Crippen LogP contribution in [0.4, 0.5) is 0 Å². The Morgan fingerprint density at radius 2 is 1.87 bits per heavy atom. The van der Waals surface area contributed by atoms with Crippen molar-refractivity contribution in [1.82, 2.24) is 9.80 Å². The Balaban J connectivity index is 1.92. The van der Waals surface area contributed by atoms with Crippen molar-refractivity contribution in [3.05, 3.63) is 57.3 Å². The molecule has 0 saturated heterocycles. The Morgan fingerprint density at radius 1 is 1.20 bits per heavy atom. The molecular formula is C25H34N2O2S. The summed E-state index contributed by atoms with van der Waals surface area (Å²) in [4.78, 5) is 31.8. The fraction of sp³-hybridized carbons (Fsp3) is 0.520. The molecule has 0 unspecified atom stereocenters. The highest BCUT2D eigenvalue weighted by Crippen LogP contribution is 2.38. The van der Waals surface area contributed by atoms with Gasteiger partial charge in [-0.3, -0.25) is 9.59 Å². The van der Waals surface area contributed by atoms with Gasteiger partial charge in [0.05, 0.1) is 6.04 Å². The lowest BCUT2D eigenvalue weighted by atomic mass is 9.92. The molecule has 0 spiro atoms. The second-order valence-electron chi connectivity index (χ2n) is 9.39. The smallest absolute Gasteiger partial charge is 0.243 e. The zero-order chi connectivity index (χ0) is 22.1. The van der Waals surface area contributed by atoms with E-state index in [1.54, 1.807) is 16.2 Å². The molecule has 4 nitrogen and oxygen atoms in total. The molecular weight excluding hydrogens is 392 g/mol. The predicted molar refractivity (Wildman–Crippen MR) is 124 cm³/mol. The molecule has 1 aromatic heterocycles. The molecule has 5 heteroatoms. The third-order valence-electron chi connectivity index (χ3n) is 6.01. The summed E-state index contributed by atoms with van der Waals surface area (Å²) in [6.07, 6.45) is 1.70. The number of rotatable bonds is 5. The van der Waals surface area contributed by atoms with E-state index in [0.717, 1.165) is 18.4 Å². The van der Waals surface area contributed by atoms with E-state index in [-0.39, 0.29) is 30.4 Å². The van der Waals surface area contributed by atoms with Gasteiger partial charge in [-0.15, -0.1) is 11.3 Å². The Labute approximate surface area is 184 Å². The van der Waals surface area contributed by atoms with E-state index >= 15 is 0 Å². The molecule has 1 aromatic carbocycles. The number of hydrogen-bond acceptors (Lipinski definition) is 3. The summed E-state index contributed by atoms with van der Waals surface area (Å²) in [5.74, 6) is 0.0562. The zero-order valence-corrected chi connectivity index (χ0v) is 19.9. The fourth-order valence-corrected chi connectivity index (χ4v) is 4.91. The van der Waals surface area contributed by atoms with E-state index in [0.29, 0.717) is 6.54 Å². The molecule has 2 amide bonds. The number of carbonyl (C=O) groups excluding carboxylic acids is 2. The summed E-state index contributed by atoms with van der Waals surface area (Å²) in [5, 5.41) is 2.12. The van der Waals surface area contributed by atoms with Crippen molar-refractivity contribution < 1.29 is 9.59 Å². The summed E-state index contributed by atoms with van der Waals surface area (Å²) in [6.45, 7) is 12.7. The molecule has 0 radical (unpaired) electrons. The lowest BCUT2D eigenvalue weighted by molar-refractivity contribution is -0.148. The van der Waals surface area contributed by atoms with Crippen LogP contribution >= 0.6 is 11.3 Å². The number of fused-ring (bicyclic) bond motifs is 1. The number of thiophene rings is 1. The van der Waals surface area contributed by atoms with Crippen LogP contribution in [0.3, 0.4) is 0 Å². The number of benzene rings is 1. The van der Waals surface area contributed by atoms with Crippen molar-refractivity contribution in [3.8, 4) is 0 Å². The van der Waals surface area contributed by atoms with Gasteiger partial charge in [0.25, 0.3) is 0 Å². The largest absolute Gasteiger partial charge is 0.330 e. The van der Waals surface area contributed by atoms with Gasteiger partial charge in [0.2, 0.25) is 11.8 Å². The standard InChI is InChI=1S/C25H34N2O2S/c1-7-18(3)27(24(29)25(4,5)6)16-22(28)26-14-12-21-20(13-15-30-21)23(26)19-10-8-17(2)9-11-19/h8-11,13,15,18,23H,7,12,14,16H2,1-6H3/t18-,23+/m1/s1. The molecule has 1 aliphatic heterocycles. The zero-order valence-electron chi connectivity index (χ0n) is 19.1. The van der Waals surface area contributed by atoms with Gasteiger partial charge in [0, 0.05) is 22.9 Å². The Morgan fingerprint density at radius 3 is 2.47 bits per heavy atom. The lowest BCUT2D eigenvalue weighted by Crippen LogP contribution is -2.51. The summed E-state index contributed by atoms with van der Waals surface area (Å²) >= 11 is 1.77. The first-order valence-electron chi connectivity index (χ1n) is 10.9. The first-order chi connectivity index (χ1) is 14.1. The highest BCUT2D eigenvalue weighted by molar-refractivity contribution is 7.10. The average Bonchev–Trinajstić information content (AvgIpc) is 3.19. The molecule has 2 heterocycles. The predicted octanol–water partition coefficient (Wildman–Crippen LogP) is 5.20. The van der Waals surface area contributed by atoms with E-state index < -0.39 is 5.41 Å². The van der Waals surface area contributed by atoms with E-state index in [1.807, 2.05) is 32.6 Å². The van der Waals surface area contributed by atoms with Gasteiger partial charge in [-0.05, 0) is 49.3 Å². The van der Waals surface area contributed by atoms with Crippen LogP contribution in [-0.2, 0) is 16.0 Å². The summed E-state index contributed by atoms with van der Waals surface area (Å²) < 4.78 is 0. The van der Waals surface area contributed by atoms with Crippen LogP contribution in [0, 0.1) is 12.3 Å². The van der Waals surface area contributed by atoms with E-state index in [2.05, 4.69) is 49.6 Å². The Bertz CT molecular complexity index is 895. The molecule has 0 aliphatic carbocycles. The summed E-state index contributed by atoms with van der Waals surface area (Å²) in [7, 11) is 0. The van der Waals surface area contributed by atoms with Crippen LogP contribution in [-0.4, -0.2) is 40.7 Å². The van der Waals surface area contributed by atoms with Crippen molar-refractivity contribution in [2.75, 3.05) is 13.1 Å². The van der Waals surface area contributed by atoms with Crippen molar-refractivity contribution in [2.24, 2.45) is 5.41 Å². The molecule has 30 heavy (non-hydrogen) atoms. The van der Waals surface area contributed by atoms with Crippen LogP contribution < -0.4 is 0 Å². The molecule has 0 bridgehead atoms. The van der Waals surface area contributed by atoms with E-state index in [1.165, 1.54) is 16.0 Å². The maximum atomic E-state index is 13.6. The van der Waals surface area contributed by atoms with E-state index in [4.69, 9.17) is 0 Å². The average molecular weight is 427 g/mol. The van der Waals surface area contributed by atoms with Gasteiger partial charge >= 0.3 is 0 Å². The molecule has 2 aromatic rings. The summed E-state index contributed by atoms with van der Waals surface area (Å²) in [6, 6.07) is 10.5. The molecule has 0 saturated carbocycles. The molecule has 1 aliphatic rings. The second-order valence-corrected chi connectivity index (χ2v) is 10.4. The van der Waals surface area contributed by atoms with Gasteiger partial charge in [0.15, 0.2) is 0 Å². The van der Waals surface area contributed by atoms with Crippen molar-refractivity contribution in [2.45, 2.75) is 66.5 Å².